The summed E-state index contributed by atoms with van der Waals surface area (Å²) in [7, 11) is 0. The standard InChI is InChI=1S/C20H18/c1-13-14(2)17-12-11-15-7-3-4-9-18(15)20(17)19-10-6-5-8-16(13)19/h3-14H,1-2H3. The maximum absolute atomic E-state index is 2.36. The molecule has 0 heteroatoms. The molecule has 0 nitrogen and oxygen atoms in total. The van der Waals surface area contributed by atoms with Crippen molar-refractivity contribution in [3.63, 3.8) is 0 Å². The van der Waals surface area contributed by atoms with Gasteiger partial charge < -0.3 is 0 Å². The second kappa shape index (κ2) is 4.21. The second-order valence-electron chi connectivity index (χ2n) is 5.92. The molecule has 0 aliphatic heterocycles. The summed E-state index contributed by atoms with van der Waals surface area (Å²) in [4.78, 5) is 0. The molecular formula is C20H18. The van der Waals surface area contributed by atoms with Gasteiger partial charge in [-0.3, -0.25) is 0 Å². The first kappa shape index (κ1) is 11.7. The third kappa shape index (κ3) is 1.48. The molecule has 0 spiro atoms. The highest BCUT2D eigenvalue weighted by Crippen LogP contribution is 2.48. The van der Waals surface area contributed by atoms with Crippen LogP contribution in [0.1, 0.15) is 36.8 Å². The molecule has 0 amide bonds. The molecule has 0 bridgehead atoms. The fourth-order valence-corrected chi connectivity index (χ4v) is 3.63. The molecule has 0 fully saturated rings. The van der Waals surface area contributed by atoms with Crippen LogP contribution in [0.15, 0.2) is 60.7 Å². The molecule has 2 unspecified atom stereocenters. The van der Waals surface area contributed by atoms with E-state index in [2.05, 4.69) is 74.5 Å². The Morgan fingerprint density at radius 3 is 2.25 bits per heavy atom. The van der Waals surface area contributed by atoms with Crippen LogP contribution in [0.4, 0.5) is 0 Å². The van der Waals surface area contributed by atoms with E-state index in [9.17, 15) is 0 Å². The van der Waals surface area contributed by atoms with Crippen molar-refractivity contribution in [2.24, 2.45) is 0 Å². The Balaban J connectivity index is 2.16. The van der Waals surface area contributed by atoms with Crippen molar-refractivity contribution in [2.75, 3.05) is 0 Å². The summed E-state index contributed by atoms with van der Waals surface area (Å²) in [5, 5.41) is 2.72. The van der Waals surface area contributed by atoms with Crippen LogP contribution in [0, 0.1) is 0 Å². The molecule has 0 aromatic heterocycles. The first-order chi connectivity index (χ1) is 9.77. The smallest absolute Gasteiger partial charge is 0.00675 e. The average Bonchev–Trinajstić information content (AvgIpc) is 2.51. The average molecular weight is 258 g/mol. The first-order valence-corrected chi connectivity index (χ1v) is 7.38. The minimum Gasteiger partial charge on any atom is -0.0619 e. The molecule has 4 rings (SSSR count). The molecule has 20 heavy (non-hydrogen) atoms. The Kier molecular flexibility index (Phi) is 2.47. The Hall–Kier alpha value is -2.08. The fraction of sp³-hybridized carbons (Fsp3) is 0.200. The van der Waals surface area contributed by atoms with Crippen LogP contribution < -0.4 is 0 Å². The van der Waals surface area contributed by atoms with E-state index >= 15 is 0 Å². The molecule has 0 radical (unpaired) electrons. The van der Waals surface area contributed by atoms with E-state index in [1.165, 1.54) is 33.0 Å². The van der Waals surface area contributed by atoms with Gasteiger partial charge in [0.25, 0.3) is 0 Å². The van der Waals surface area contributed by atoms with Gasteiger partial charge >= 0.3 is 0 Å². The third-order valence-electron chi connectivity index (χ3n) is 4.92. The minimum atomic E-state index is 0.574. The van der Waals surface area contributed by atoms with E-state index in [0.717, 1.165) is 0 Å². The predicted molar refractivity (Wildman–Crippen MR) is 86.2 cm³/mol. The molecule has 2 atom stereocenters. The number of benzene rings is 3. The normalized spacial score (nSPS) is 20.5. The second-order valence-corrected chi connectivity index (χ2v) is 5.92. The van der Waals surface area contributed by atoms with E-state index in [1.807, 2.05) is 0 Å². The van der Waals surface area contributed by atoms with Gasteiger partial charge in [0.2, 0.25) is 0 Å². The van der Waals surface area contributed by atoms with Gasteiger partial charge in [-0.15, -0.1) is 0 Å². The van der Waals surface area contributed by atoms with Gasteiger partial charge in [0.15, 0.2) is 0 Å². The zero-order valence-electron chi connectivity index (χ0n) is 11.9. The zero-order valence-corrected chi connectivity index (χ0v) is 11.9. The summed E-state index contributed by atoms with van der Waals surface area (Å²) in [6.07, 6.45) is 0. The Bertz CT molecular complexity index is 798. The molecule has 0 saturated heterocycles. The van der Waals surface area contributed by atoms with Gasteiger partial charge in [-0.05, 0) is 44.9 Å². The number of hydrogen-bond acceptors (Lipinski definition) is 0. The van der Waals surface area contributed by atoms with Crippen LogP contribution in [0.25, 0.3) is 21.9 Å². The molecule has 0 saturated carbocycles. The lowest BCUT2D eigenvalue weighted by molar-refractivity contribution is 0.617. The zero-order chi connectivity index (χ0) is 13.7. The van der Waals surface area contributed by atoms with Gasteiger partial charge in [-0.2, -0.15) is 0 Å². The summed E-state index contributed by atoms with van der Waals surface area (Å²) in [6, 6.07) is 22.2. The predicted octanol–water partition coefficient (Wildman–Crippen LogP) is 5.73. The van der Waals surface area contributed by atoms with E-state index < -0.39 is 0 Å². The highest BCUT2D eigenvalue weighted by molar-refractivity contribution is 6.00. The van der Waals surface area contributed by atoms with Crippen molar-refractivity contribution in [3.05, 3.63) is 71.8 Å². The highest BCUT2D eigenvalue weighted by Gasteiger charge is 2.28. The van der Waals surface area contributed by atoms with Crippen LogP contribution in [0.3, 0.4) is 0 Å². The molecular weight excluding hydrogens is 240 g/mol. The van der Waals surface area contributed by atoms with Gasteiger partial charge in [-0.1, -0.05) is 74.5 Å². The van der Waals surface area contributed by atoms with E-state index in [4.69, 9.17) is 0 Å². The van der Waals surface area contributed by atoms with Crippen molar-refractivity contribution >= 4 is 10.8 Å². The molecule has 3 aromatic rings. The largest absolute Gasteiger partial charge is 0.0619 e. The lowest BCUT2D eigenvalue weighted by Crippen LogP contribution is -2.13. The molecule has 0 N–H and O–H groups in total. The minimum absolute atomic E-state index is 0.574. The lowest BCUT2D eigenvalue weighted by Gasteiger charge is -2.32. The molecule has 3 aromatic carbocycles. The molecule has 0 heterocycles. The summed E-state index contributed by atoms with van der Waals surface area (Å²) >= 11 is 0. The summed E-state index contributed by atoms with van der Waals surface area (Å²) < 4.78 is 0. The summed E-state index contributed by atoms with van der Waals surface area (Å²) in [6.45, 7) is 4.70. The Labute approximate surface area is 120 Å². The van der Waals surface area contributed by atoms with Crippen molar-refractivity contribution < 1.29 is 0 Å². The Morgan fingerprint density at radius 1 is 0.650 bits per heavy atom. The molecule has 1 aliphatic carbocycles. The number of fused-ring (bicyclic) bond motifs is 5. The van der Waals surface area contributed by atoms with Gasteiger partial charge in [0, 0.05) is 0 Å². The maximum atomic E-state index is 2.36. The van der Waals surface area contributed by atoms with Crippen molar-refractivity contribution in [2.45, 2.75) is 25.7 Å². The van der Waals surface area contributed by atoms with Crippen LogP contribution in [0.5, 0.6) is 0 Å². The summed E-state index contributed by atoms with van der Waals surface area (Å²) in [5.41, 5.74) is 5.85. The van der Waals surface area contributed by atoms with Crippen LogP contribution >= 0.6 is 0 Å². The van der Waals surface area contributed by atoms with Crippen LogP contribution in [0.2, 0.25) is 0 Å². The van der Waals surface area contributed by atoms with Gasteiger partial charge in [0.1, 0.15) is 0 Å². The van der Waals surface area contributed by atoms with Crippen LogP contribution in [-0.2, 0) is 0 Å². The molecule has 1 aliphatic rings. The maximum Gasteiger partial charge on any atom is -0.00675 e. The van der Waals surface area contributed by atoms with Crippen molar-refractivity contribution in [1.82, 2.24) is 0 Å². The fourth-order valence-electron chi connectivity index (χ4n) is 3.63. The van der Waals surface area contributed by atoms with Crippen molar-refractivity contribution in [1.29, 1.82) is 0 Å². The van der Waals surface area contributed by atoms with E-state index in [-0.39, 0.29) is 0 Å². The van der Waals surface area contributed by atoms with Crippen LogP contribution in [-0.4, -0.2) is 0 Å². The van der Waals surface area contributed by atoms with Crippen molar-refractivity contribution in [3.8, 4) is 11.1 Å². The number of hydrogen-bond donors (Lipinski definition) is 0. The third-order valence-corrected chi connectivity index (χ3v) is 4.92. The first-order valence-electron chi connectivity index (χ1n) is 7.38. The monoisotopic (exact) mass is 258 g/mol. The topological polar surface area (TPSA) is 0 Å². The highest BCUT2D eigenvalue weighted by atomic mass is 14.3. The van der Waals surface area contributed by atoms with E-state index in [0.29, 0.717) is 11.8 Å². The number of rotatable bonds is 0. The molecule has 98 valence electrons. The SMILES string of the molecule is CC1c2ccccc2-c2c(ccc3ccccc23)C1C. The van der Waals surface area contributed by atoms with Gasteiger partial charge in [-0.25, -0.2) is 0 Å². The van der Waals surface area contributed by atoms with E-state index in [1.54, 1.807) is 0 Å². The quantitative estimate of drug-likeness (QED) is 0.483. The lowest BCUT2D eigenvalue weighted by atomic mass is 9.72. The van der Waals surface area contributed by atoms with Gasteiger partial charge in [0.05, 0.1) is 0 Å². The summed E-state index contributed by atoms with van der Waals surface area (Å²) in [5.74, 6) is 1.16. The Morgan fingerprint density at radius 2 is 1.35 bits per heavy atom.